The molecule has 0 heterocycles. The van der Waals surface area contributed by atoms with Crippen LogP contribution in [-0.4, -0.2) is 4.21 Å². The van der Waals surface area contributed by atoms with Gasteiger partial charge >= 0.3 is 0 Å². The molecule has 94 valence electrons. The van der Waals surface area contributed by atoms with Crippen molar-refractivity contribution >= 4 is 16.5 Å². The van der Waals surface area contributed by atoms with Gasteiger partial charge < -0.3 is 5.73 Å². The quantitative estimate of drug-likeness (QED) is 0.865. The van der Waals surface area contributed by atoms with E-state index in [9.17, 15) is 8.60 Å². The maximum Gasteiger partial charge on any atom is 0.129 e. The Kier molecular flexibility index (Phi) is 3.77. The minimum atomic E-state index is -1.28. The monoisotopic (exact) mass is 263 g/mol. The van der Waals surface area contributed by atoms with Crippen LogP contribution in [0.5, 0.6) is 0 Å². The molecule has 2 aromatic rings. The van der Waals surface area contributed by atoms with Gasteiger partial charge in [0.2, 0.25) is 0 Å². The van der Waals surface area contributed by atoms with Gasteiger partial charge in [-0.1, -0.05) is 23.8 Å². The first-order valence-corrected chi connectivity index (χ1v) is 6.87. The fraction of sp³-hybridized carbons (Fsp3) is 0.143. The maximum atomic E-state index is 13.6. The van der Waals surface area contributed by atoms with Gasteiger partial charge in [-0.05, 0) is 31.2 Å². The molecule has 0 saturated carbocycles. The molecular formula is C14H14FNOS. The van der Waals surface area contributed by atoms with Gasteiger partial charge in [-0.25, -0.2) is 4.39 Å². The van der Waals surface area contributed by atoms with Gasteiger partial charge in [0, 0.05) is 16.1 Å². The summed E-state index contributed by atoms with van der Waals surface area (Å²) in [4.78, 5) is 0.684. The average molecular weight is 263 g/mol. The Morgan fingerprint density at radius 3 is 2.44 bits per heavy atom. The molecule has 0 aliphatic carbocycles. The molecular weight excluding hydrogens is 249 g/mol. The number of benzene rings is 2. The van der Waals surface area contributed by atoms with Gasteiger partial charge in [-0.15, -0.1) is 0 Å². The molecule has 2 rings (SSSR count). The second-order valence-corrected chi connectivity index (χ2v) is 5.56. The smallest absolute Gasteiger partial charge is 0.129 e. The van der Waals surface area contributed by atoms with Crippen LogP contribution >= 0.6 is 0 Å². The van der Waals surface area contributed by atoms with E-state index < -0.39 is 16.6 Å². The summed E-state index contributed by atoms with van der Waals surface area (Å²) in [6.45, 7) is 1.96. The molecule has 2 aromatic carbocycles. The van der Waals surface area contributed by atoms with E-state index in [0.29, 0.717) is 16.1 Å². The molecule has 0 amide bonds. The molecule has 0 aromatic heterocycles. The van der Waals surface area contributed by atoms with Crippen LogP contribution in [0.3, 0.4) is 0 Å². The highest BCUT2D eigenvalue weighted by molar-refractivity contribution is 7.84. The number of halogens is 1. The van der Waals surface area contributed by atoms with Crippen molar-refractivity contribution < 1.29 is 8.60 Å². The highest BCUT2D eigenvalue weighted by Crippen LogP contribution is 2.20. The first-order chi connectivity index (χ1) is 8.58. The third-order valence-corrected chi connectivity index (χ3v) is 4.06. The number of nitrogen functional groups attached to an aromatic ring is 1. The van der Waals surface area contributed by atoms with Crippen LogP contribution in [0.2, 0.25) is 0 Å². The van der Waals surface area contributed by atoms with Gasteiger partial charge in [0.1, 0.15) is 5.82 Å². The number of anilines is 1. The van der Waals surface area contributed by atoms with Crippen molar-refractivity contribution in [1.82, 2.24) is 0 Å². The van der Waals surface area contributed by atoms with Crippen LogP contribution in [0, 0.1) is 12.7 Å². The van der Waals surface area contributed by atoms with Crippen molar-refractivity contribution in [1.29, 1.82) is 0 Å². The van der Waals surface area contributed by atoms with E-state index >= 15 is 0 Å². The largest absolute Gasteiger partial charge is 0.398 e. The van der Waals surface area contributed by atoms with Crippen molar-refractivity contribution in [3.05, 3.63) is 59.4 Å². The zero-order chi connectivity index (χ0) is 13.1. The van der Waals surface area contributed by atoms with E-state index in [-0.39, 0.29) is 5.75 Å². The Morgan fingerprint density at radius 1 is 1.17 bits per heavy atom. The zero-order valence-electron chi connectivity index (χ0n) is 10.0. The van der Waals surface area contributed by atoms with Crippen molar-refractivity contribution in [2.24, 2.45) is 0 Å². The van der Waals surface area contributed by atoms with Crippen molar-refractivity contribution in [3.63, 3.8) is 0 Å². The van der Waals surface area contributed by atoms with E-state index in [1.807, 2.05) is 19.1 Å². The van der Waals surface area contributed by atoms with Crippen molar-refractivity contribution in [3.8, 4) is 0 Å². The lowest BCUT2D eigenvalue weighted by Gasteiger charge is -2.07. The van der Waals surface area contributed by atoms with Crippen molar-refractivity contribution in [2.45, 2.75) is 17.6 Å². The van der Waals surface area contributed by atoms with E-state index in [0.717, 1.165) is 5.56 Å². The van der Waals surface area contributed by atoms with Crippen LogP contribution in [-0.2, 0) is 16.6 Å². The highest BCUT2D eigenvalue weighted by atomic mass is 32.2. The first kappa shape index (κ1) is 12.8. The van der Waals surface area contributed by atoms with Crippen LogP contribution in [0.15, 0.2) is 47.4 Å². The van der Waals surface area contributed by atoms with Gasteiger partial charge in [-0.2, -0.15) is 0 Å². The third kappa shape index (κ3) is 2.76. The van der Waals surface area contributed by atoms with Crippen LogP contribution in [0.25, 0.3) is 0 Å². The molecule has 0 spiro atoms. The van der Waals surface area contributed by atoms with Gasteiger partial charge in [0.15, 0.2) is 0 Å². The van der Waals surface area contributed by atoms with Gasteiger partial charge in [0.05, 0.1) is 16.6 Å². The first-order valence-electron chi connectivity index (χ1n) is 5.56. The van der Waals surface area contributed by atoms with Crippen LogP contribution < -0.4 is 5.73 Å². The fourth-order valence-electron chi connectivity index (χ4n) is 1.63. The highest BCUT2D eigenvalue weighted by Gasteiger charge is 2.11. The molecule has 18 heavy (non-hydrogen) atoms. The number of hydrogen-bond donors (Lipinski definition) is 1. The molecule has 0 aliphatic heterocycles. The van der Waals surface area contributed by atoms with Crippen molar-refractivity contribution in [2.75, 3.05) is 5.73 Å². The normalized spacial score (nSPS) is 12.3. The summed E-state index contributed by atoms with van der Waals surface area (Å²) in [7, 11) is -1.28. The van der Waals surface area contributed by atoms with E-state index in [2.05, 4.69) is 0 Å². The number of hydrogen-bond acceptors (Lipinski definition) is 2. The third-order valence-electron chi connectivity index (χ3n) is 2.71. The lowest BCUT2D eigenvalue weighted by atomic mass is 10.2. The Bertz CT molecular complexity index is 561. The molecule has 1 unspecified atom stereocenters. The van der Waals surface area contributed by atoms with Gasteiger partial charge in [0.25, 0.3) is 0 Å². The minimum absolute atomic E-state index is 0.0988. The van der Waals surface area contributed by atoms with E-state index in [1.165, 1.54) is 6.07 Å². The molecule has 2 N–H and O–H groups in total. The number of aryl methyl sites for hydroxylation is 1. The summed E-state index contributed by atoms with van der Waals surface area (Å²) in [6.07, 6.45) is 0. The molecule has 4 heteroatoms. The predicted molar refractivity (Wildman–Crippen MR) is 72.1 cm³/mol. The Balaban J connectivity index is 2.24. The number of rotatable bonds is 3. The molecule has 2 nitrogen and oxygen atoms in total. The summed E-state index contributed by atoms with van der Waals surface area (Å²) in [6, 6.07) is 11.9. The molecule has 1 atom stereocenters. The lowest BCUT2D eigenvalue weighted by Crippen LogP contribution is -2.03. The summed E-state index contributed by atoms with van der Waals surface area (Å²) in [5.74, 6) is -0.308. The Morgan fingerprint density at radius 2 is 1.83 bits per heavy atom. The van der Waals surface area contributed by atoms with E-state index in [4.69, 9.17) is 5.73 Å². The summed E-state index contributed by atoms with van der Waals surface area (Å²) in [5, 5.41) is 0. The minimum Gasteiger partial charge on any atom is -0.398 e. The molecule has 0 radical (unpaired) electrons. The predicted octanol–water partition coefficient (Wildman–Crippen LogP) is 3.02. The molecule has 0 saturated heterocycles. The molecule has 0 aliphatic rings. The topological polar surface area (TPSA) is 43.1 Å². The second-order valence-electron chi connectivity index (χ2n) is 4.11. The van der Waals surface area contributed by atoms with Gasteiger partial charge in [-0.3, -0.25) is 4.21 Å². The van der Waals surface area contributed by atoms with Crippen LogP contribution in [0.1, 0.15) is 11.1 Å². The lowest BCUT2D eigenvalue weighted by molar-refractivity contribution is 0.616. The second kappa shape index (κ2) is 5.31. The Labute approximate surface area is 108 Å². The standard InChI is InChI=1S/C14H14FNOS/c1-10-5-7-11(8-6-10)18(17)9-12-13(15)3-2-4-14(12)16/h2-8H,9,16H2,1H3. The summed E-state index contributed by atoms with van der Waals surface area (Å²) in [5.41, 5.74) is 7.45. The van der Waals surface area contributed by atoms with E-state index in [1.54, 1.807) is 24.3 Å². The summed E-state index contributed by atoms with van der Waals surface area (Å²) >= 11 is 0. The SMILES string of the molecule is Cc1ccc(S(=O)Cc2c(N)cccc2F)cc1. The average Bonchev–Trinajstić information content (AvgIpc) is 2.34. The maximum absolute atomic E-state index is 13.6. The molecule has 0 bridgehead atoms. The van der Waals surface area contributed by atoms with Crippen LogP contribution in [0.4, 0.5) is 10.1 Å². The Hall–Kier alpha value is -1.68. The number of nitrogens with two attached hydrogens (primary N) is 1. The fourth-order valence-corrected chi connectivity index (χ4v) is 2.81. The summed E-state index contributed by atoms with van der Waals surface area (Å²) < 4.78 is 25.7. The zero-order valence-corrected chi connectivity index (χ0v) is 10.8. The molecule has 0 fully saturated rings.